The minimum atomic E-state index is 0.608. The summed E-state index contributed by atoms with van der Waals surface area (Å²) in [7, 11) is 2.46. The van der Waals surface area contributed by atoms with Gasteiger partial charge in [-0.25, -0.2) is 0 Å². The van der Waals surface area contributed by atoms with Crippen molar-refractivity contribution in [2.75, 3.05) is 6.54 Å². The zero-order chi connectivity index (χ0) is 13.8. The maximum absolute atomic E-state index is 4.80. The number of hydrogen-bond donors (Lipinski definition) is 0. The second kappa shape index (κ2) is 6.81. The summed E-state index contributed by atoms with van der Waals surface area (Å²) in [5, 5.41) is 0. The van der Waals surface area contributed by atoms with Crippen LogP contribution < -0.4 is 0 Å². The van der Waals surface area contributed by atoms with Crippen LogP contribution in [0.1, 0.15) is 65.7 Å². The molecule has 108 valence electrons. The molecule has 0 bridgehead atoms. The Morgan fingerprint density at radius 2 is 2.00 bits per heavy atom. The Labute approximate surface area is 120 Å². The smallest absolute Gasteiger partial charge is 0.105 e. The summed E-state index contributed by atoms with van der Waals surface area (Å²) >= 11 is 0. The first-order valence-electron chi connectivity index (χ1n) is 8.45. The molecule has 2 nitrogen and oxygen atoms in total. The Hall–Kier alpha value is -0.465. The van der Waals surface area contributed by atoms with Crippen molar-refractivity contribution >= 4 is 13.7 Å². The summed E-state index contributed by atoms with van der Waals surface area (Å²) in [5.41, 5.74) is 0. The van der Waals surface area contributed by atoms with Gasteiger partial charge in [0.15, 0.2) is 0 Å². The molecule has 2 aliphatic rings. The van der Waals surface area contributed by atoms with Gasteiger partial charge in [-0.1, -0.05) is 37.9 Å². The van der Waals surface area contributed by atoms with Gasteiger partial charge in [-0.3, -0.25) is 4.99 Å². The number of rotatable bonds is 2. The van der Waals surface area contributed by atoms with Crippen LogP contribution in [0, 0.1) is 5.92 Å². The SMILES string of the molecule is BC1CCCCCC2C(C/C(=N/CC)N2C(C)C)C1. The average Bonchev–Trinajstić information content (AvgIpc) is 2.69. The van der Waals surface area contributed by atoms with Crippen molar-refractivity contribution in [2.24, 2.45) is 10.9 Å². The van der Waals surface area contributed by atoms with E-state index < -0.39 is 0 Å². The molecule has 3 atom stereocenters. The van der Waals surface area contributed by atoms with Crippen LogP contribution in [0.4, 0.5) is 0 Å². The van der Waals surface area contributed by atoms with Gasteiger partial charge >= 0.3 is 0 Å². The van der Waals surface area contributed by atoms with E-state index in [1.54, 1.807) is 0 Å². The largest absolute Gasteiger partial charge is 0.355 e. The fourth-order valence-electron chi connectivity index (χ4n) is 4.18. The number of hydrogen-bond acceptors (Lipinski definition) is 1. The molecule has 0 spiro atoms. The average molecular weight is 262 g/mol. The predicted molar refractivity (Wildman–Crippen MR) is 86.8 cm³/mol. The van der Waals surface area contributed by atoms with E-state index in [0.717, 1.165) is 24.3 Å². The van der Waals surface area contributed by atoms with Gasteiger partial charge in [0.1, 0.15) is 7.85 Å². The van der Waals surface area contributed by atoms with Gasteiger partial charge in [0.2, 0.25) is 0 Å². The maximum Gasteiger partial charge on any atom is 0.105 e. The highest BCUT2D eigenvalue weighted by atomic mass is 15.3. The summed E-state index contributed by atoms with van der Waals surface area (Å²) in [6.45, 7) is 7.78. The van der Waals surface area contributed by atoms with Gasteiger partial charge in [0.25, 0.3) is 0 Å². The normalized spacial score (nSPS) is 35.1. The Balaban J connectivity index is 2.18. The van der Waals surface area contributed by atoms with Crippen LogP contribution in [0.15, 0.2) is 4.99 Å². The lowest BCUT2D eigenvalue weighted by Gasteiger charge is -2.33. The molecule has 1 saturated carbocycles. The molecular weight excluding hydrogens is 231 g/mol. The zero-order valence-corrected chi connectivity index (χ0v) is 13.4. The first-order chi connectivity index (χ1) is 9.13. The second-order valence-electron chi connectivity index (χ2n) is 6.90. The lowest BCUT2D eigenvalue weighted by molar-refractivity contribution is 0.216. The molecule has 0 amide bonds. The van der Waals surface area contributed by atoms with Crippen LogP contribution in [-0.2, 0) is 0 Å². The van der Waals surface area contributed by atoms with Crippen LogP contribution in [-0.4, -0.2) is 37.2 Å². The van der Waals surface area contributed by atoms with E-state index in [4.69, 9.17) is 4.99 Å². The fourth-order valence-corrected chi connectivity index (χ4v) is 4.18. The monoisotopic (exact) mass is 262 g/mol. The number of amidine groups is 1. The Morgan fingerprint density at radius 1 is 1.26 bits per heavy atom. The van der Waals surface area contributed by atoms with E-state index >= 15 is 0 Å². The first kappa shape index (κ1) is 14.9. The van der Waals surface area contributed by atoms with Crippen molar-refractivity contribution < 1.29 is 0 Å². The van der Waals surface area contributed by atoms with Crippen molar-refractivity contribution in [3.8, 4) is 0 Å². The molecule has 19 heavy (non-hydrogen) atoms. The molecule has 1 heterocycles. The summed E-state index contributed by atoms with van der Waals surface area (Å²) in [6, 6.07) is 1.38. The molecule has 2 rings (SSSR count). The second-order valence-corrected chi connectivity index (χ2v) is 6.90. The van der Waals surface area contributed by atoms with Crippen molar-refractivity contribution in [3.05, 3.63) is 0 Å². The van der Waals surface area contributed by atoms with E-state index in [1.807, 2.05) is 0 Å². The minimum absolute atomic E-state index is 0.608. The fraction of sp³-hybridized carbons (Fsp3) is 0.938. The molecule has 1 aliphatic heterocycles. The van der Waals surface area contributed by atoms with Crippen molar-refractivity contribution in [1.29, 1.82) is 0 Å². The molecular formula is C16H31BN2. The summed E-state index contributed by atoms with van der Waals surface area (Å²) < 4.78 is 0. The maximum atomic E-state index is 4.80. The van der Waals surface area contributed by atoms with Gasteiger partial charge in [-0.15, -0.1) is 0 Å². The standard InChI is InChI=1S/C16H31BN2/c1-4-18-16-11-13-10-14(17)8-6-5-7-9-15(13)19(16)12(2)3/h12-15H,4-11,17H2,1-3H3/b18-16-. The minimum Gasteiger partial charge on any atom is -0.355 e. The number of fused-ring (bicyclic) bond motifs is 1. The number of nitrogens with zero attached hydrogens (tertiary/aromatic N) is 2. The molecule has 3 heteroatoms. The Bertz CT molecular complexity index is 314. The quantitative estimate of drug-likeness (QED) is 0.697. The van der Waals surface area contributed by atoms with E-state index in [2.05, 4.69) is 33.5 Å². The molecule has 1 aliphatic carbocycles. The third-order valence-electron chi connectivity index (χ3n) is 4.94. The Kier molecular flexibility index (Phi) is 5.35. The number of aliphatic imine (C=N–C) groups is 1. The molecule has 0 aromatic rings. The molecule has 0 radical (unpaired) electrons. The van der Waals surface area contributed by atoms with Gasteiger partial charge in [-0.05, 0) is 33.1 Å². The number of likely N-dealkylation sites (tertiary alicyclic amines) is 1. The third kappa shape index (κ3) is 3.55. The van der Waals surface area contributed by atoms with Crippen LogP contribution in [0.25, 0.3) is 0 Å². The molecule has 3 unspecified atom stereocenters. The highest BCUT2D eigenvalue weighted by molar-refractivity contribution is 6.11. The van der Waals surface area contributed by atoms with Crippen molar-refractivity contribution in [3.63, 3.8) is 0 Å². The van der Waals surface area contributed by atoms with E-state index in [-0.39, 0.29) is 0 Å². The highest BCUT2D eigenvalue weighted by Crippen LogP contribution is 2.39. The summed E-state index contributed by atoms with van der Waals surface area (Å²) in [4.78, 5) is 7.46. The summed E-state index contributed by atoms with van der Waals surface area (Å²) in [6.07, 6.45) is 9.76. The van der Waals surface area contributed by atoms with Gasteiger partial charge in [0, 0.05) is 25.0 Å². The predicted octanol–water partition coefficient (Wildman–Crippen LogP) is 3.28. The van der Waals surface area contributed by atoms with Gasteiger partial charge in [-0.2, -0.15) is 0 Å². The van der Waals surface area contributed by atoms with Gasteiger partial charge < -0.3 is 4.90 Å². The molecule has 0 N–H and O–H groups in total. The van der Waals surface area contributed by atoms with Crippen LogP contribution >= 0.6 is 0 Å². The van der Waals surface area contributed by atoms with Gasteiger partial charge in [0.05, 0.1) is 5.84 Å². The third-order valence-corrected chi connectivity index (χ3v) is 4.94. The molecule has 0 aromatic carbocycles. The van der Waals surface area contributed by atoms with Crippen LogP contribution in [0.2, 0.25) is 5.82 Å². The summed E-state index contributed by atoms with van der Waals surface area (Å²) in [5.74, 6) is 3.17. The van der Waals surface area contributed by atoms with E-state index in [9.17, 15) is 0 Å². The lowest BCUT2D eigenvalue weighted by atomic mass is 9.75. The van der Waals surface area contributed by atoms with Crippen LogP contribution in [0.3, 0.4) is 0 Å². The highest BCUT2D eigenvalue weighted by Gasteiger charge is 2.39. The molecule has 2 fully saturated rings. The topological polar surface area (TPSA) is 15.6 Å². The van der Waals surface area contributed by atoms with Crippen LogP contribution in [0.5, 0.6) is 0 Å². The molecule has 0 aromatic heterocycles. The lowest BCUT2D eigenvalue weighted by Crippen LogP contribution is -2.40. The Morgan fingerprint density at radius 3 is 2.68 bits per heavy atom. The van der Waals surface area contributed by atoms with Crippen molar-refractivity contribution in [2.45, 2.75) is 83.6 Å². The first-order valence-corrected chi connectivity index (χ1v) is 8.45. The molecule has 1 saturated heterocycles. The zero-order valence-electron chi connectivity index (χ0n) is 13.4. The van der Waals surface area contributed by atoms with E-state index in [1.165, 1.54) is 50.8 Å². The van der Waals surface area contributed by atoms with Crippen molar-refractivity contribution in [1.82, 2.24) is 4.90 Å². The van der Waals surface area contributed by atoms with E-state index in [0.29, 0.717) is 6.04 Å².